The number of ether oxygens (including phenoxy) is 1. The van der Waals surface area contributed by atoms with Crippen LogP contribution < -0.4 is 0 Å². The van der Waals surface area contributed by atoms with E-state index in [0.29, 0.717) is 13.0 Å². The third-order valence-electron chi connectivity index (χ3n) is 7.56. The number of nitrogens with zero attached hydrogens (tertiary/aromatic N) is 8. The van der Waals surface area contributed by atoms with Gasteiger partial charge in [0.2, 0.25) is 5.91 Å². The predicted molar refractivity (Wildman–Crippen MR) is 156 cm³/mol. The molecule has 6 rings (SSSR count). The van der Waals surface area contributed by atoms with Crippen LogP contribution in [0, 0.1) is 0 Å². The first-order valence-corrected chi connectivity index (χ1v) is 13.8. The molecule has 4 aromatic heterocycles. The molecule has 41 heavy (non-hydrogen) atoms. The maximum absolute atomic E-state index is 12.1. The Bertz CT molecular complexity index is 1690. The van der Waals surface area contributed by atoms with Gasteiger partial charge in [0.1, 0.15) is 12.4 Å². The van der Waals surface area contributed by atoms with Crippen molar-refractivity contribution in [1.29, 1.82) is 0 Å². The first-order valence-electron chi connectivity index (χ1n) is 13.8. The van der Waals surface area contributed by atoms with E-state index in [9.17, 15) is 4.79 Å². The number of hydrogen-bond acceptors (Lipinski definition) is 6. The van der Waals surface area contributed by atoms with Crippen molar-refractivity contribution < 1.29 is 9.53 Å². The van der Waals surface area contributed by atoms with Crippen molar-refractivity contribution in [3.05, 3.63) is 84.0 Å². The first kappa shape index (κ1) is 26.6. The maximum atomic E-state index is 12.1. The highest BCUT2D eigenvalue weighted by atomic mass is 16.5. The third kappa shape index (κ3) is 5.43. The van der Waals surface area contributed by atoms with Gasteiger partial charge in [-0.15, -0.1) is 0 Å². The van der Waals surface area contributed by atoms with Crippen LogP contribution in [0.3, 0.4) is 0 Å². The highest BCUT2D eigenvalue weighted by Crippen LogP contribution is 2.41. The molecule has 0 radical (unpaired) electrons. The molecule has 210 valence electrons. The van der Waals surface area contributed by atoms with Crippen molar-refractivity contribution in [2.45, 2.75) is 32.4 Å². The van der Waals surface area contributed by atoms with Crippen molar-refractivity contribution in [2.24, 2.45) is 7.05 Å². The lowest BCUT2D eigenvalue weighted by molar-refractivity contribution is -0.129. The monoisotopic (exact) mass is 550 g/mol. The highest BCUT2D eigenvalue weighted by Gasteiger charge is 2.26. The molecule has 0 fully saturated rings. The fourth-order valence-corrected chi connectivity index (χ4v) is 5.36. The van der Waals surface area contributed by atoms with Crippen molar-refractivity contribution in [3.8, 4) is 33.6 Å². The number of rotatable bonds is 9. The number of carbonyl (C=O) groups is 1. The summed E-state index contributed by atoms with van der Waals surface area (Å²) in [5, 5.41) is 9.03. The van der Waals surface area contributed by atoms with Gasteiger partial charge in [-0.3, -0.25) is 14.2 Å². The zero-order valence-corrected chi connectivity index (χ0v) is 23.9. The van der Waals surface area contributed by atoms with Crippen LogP contribution in [0.5, 0.6) is 0 Å². The number of aromatic nitrogens is 7. The predicted octanol–water partition coefficient (Wildman–Crippen LogP) is 3.63. The molecule has 0 saturated carbocycles. The molecule has 0 N–H and O–H groups in total. The number of hydrogen-bond donors (Lipinski definition) is 0. The van der Waals surface area contributed by atoms with Crippen LogP contribution in [0.4, 0.5) is 0 Å². The molecule has 5 aromatic rings. The van der Waals surface area contributed by atoms with Gasteiger partial charge in [0.05, 0.1) is 42.9 Å². The largest absolute Gasteiger partial charge is 0.383 e. The molecule has 1 aromatic carbocycles. The molecule has 10 nitrogen and oxygen atoms in total. The minimum absolute atomic E-state index is 0.000928. The molecule has 0 unspecified atom stereocenters. The fraction of sp³-hybridized carbons (Fsp3) is 0.323. The van der Waals surface area contributed by atoms with E-state index in [1.54, 1.807) is 30.8 Å². The van der Waals surface area contributed by atoms with E-state index in [1.165, 1.54) is 11.1 Å². The number of aryl methyl sites for hydroxylation is 3. The summed E-state index contributed by atoms with van der Waals surface area (Å²) in [6, 6.07) is 10.6. The standard InChI is InChI=1S/C31H34N8O2/c1-36(2)28(40)20-39-12-11-26(35-39)15-27-32-16-23-9-10-24-18-37(3)31(29(24)30(23)34-27)22-7-5-21(6-8-22)25-17-33-38(19-25)13-14-41-4/h5-8,11-12,16-19H,9-10,13-15,20H2,1-4H3. The number of fused-ring (bicyclic) bond motifs is 3. The van der Waals surface area contributed by atoms with Crippen LogP contribution in [0.25, 0.3) is 33.6 Å². The number of amides is 1. The number of carbonyl (C=O) groups excluding carboxylic acids is 1. The second-order valence-corrected chi connectivity index (χ2v) is 10.7. The van der Waals surface area contributed by atoms with Crippen molar-refractivity contribution in [2.75, 3.05) is 27.8 Å². The molecule has 1 amide bonds. The molecule has 0 aliphatic heterocycles. The summed E-state index contributed by atoms with van der Waals surface area (Å²) in [5.74, 6) is 0.718. The molecule has 1 aliphatic carbocycles. The van der Waals surface area contributed by atoms with Crippen LogP contribution in [0.1, 0.15) is 22.6 Å². The average Bonchev–Trinajstić information content (AvgIpc) is 3.70. The van der Waals surface area contributed by atoms with Gasteiger partial charge in [-0.2, -0.15) is 10.2 Å². The lowest BCUT2D eigenvalue weighted by Crippen LogP contribution is -2.26. The molecule has 4 heterocycles. The maximum Gasteiger partial charge on any atom is 0.243 e. The van der Waals surface area contributed by atoms with E-state index >= 15 is 0 Å². The lowest BCUT2D eigenvalue weighted by Gasteiger charge is -2.18. The minimum atomic E-state index is -0.000928. The van der Waals surface area contributed by atoms with Crippen LogP contribution in [0.15, 0.2) is 61.3 Å². The zero-order valence-electron chi connectivity index (χ0n) is 23.9. The summed E-state index contributed by atoms with van der Waals surface area (Å²) in [5.41, 5.74) is 9.97. The summed E-state index contributed by atoms with van der Waals surface area (Å²) >= 11 is 0. The summed E-state index contributed by atoms with van der Waals surface area (Å²) in [4.78, 5) is 23.4. The van der Waals surface area contributed by atoms with Gasteiger partial charge in [0, 0.05) is 64.2 Å². The molecule has 0 atom stereocenters. The molecule has 0 spiro atoms. The highest BCUT2D eigenvalue weighted by molar-refractivity contribution is 5.86. The van der Waals surface area contributed by atoms with E-state index < -0.39 is 0 Å². The van der Waals surface area contributed by atoms with Gasteiger partial charge in [0.25, 0.3) is 0 Å². The minimum Gasteiger partial charge on any atom is -0.383 e. The smallest absolute Gasteiger partial charge is 0.243 e. The van der Waals surface area contributed by atoms with E-state index in [-0.39, 0.29) is 12.5 Å². The second-order valence-electron chi connectivity index (χ2n) is 10.7. The van der Waals surface area contributed by atoms with Gasteiger partial charge >= 0.3 is 0 Å². The summed E-state index contributed by atoms with van der Waals surface area (Å²) in [7, 11) is 7.29. The molecule has 0 saturated heterocycles. The quantitative estimate of drug-likeness (QED) is 0.278. The average molecular weight is 551 g/mol. The van der Waals surface area contributed by atoms with Crippen LogP contribution in [-0.2, 0) is 48.9 Å². The van der Waals surface area contributed by atoms with Gasteiger partial charge in [-0.1, -0.05) is 24.3 Å². The number of likely N-dealkylation sites (N-methyl/N-ethyl adjacent to an activating group) is 1. The Kier molecular flexibility index (Phi) is 7.23. The Morgan fingerprint density at radius 1 is 0.976 bits per heavy atom. The molecular formula is C31H34N8O2. The van der Waals surface area contributed by atoms with E-state index in [1.807, 2.05) is 29.3 Å². The normalized spacial score (nSPS) is 12.3. The zero-order chi connectivity index (χ0) is 28.5. The molecule has 1 aliphatic rings. The number of methoxy groups -OCH3 is 1. The van der Waals surface area contributed by atoms with Crippen molar-refractivity contribution in [3.63, 3.8) is 0 Å². The Labute approximate surface area is 239 Å². The molecule has 10 heteroatoms. The molecular weight excluding hydrogens is 516 g/mol. The van der Waals surface area contributed by atoms with Gasteiger partial charge in [0.15, 0.2) is 0 Å². The second kappa shape index (κ2) is 11.1. The topological polar surface area (TPSA) is 95.9 Å². The van der Waals surface area contributed by atoms with Crippen LogP contribution in [0.2, 0.25) is 0 Å². The Hall–Kier alpha value is -4.57. The number of benzene rings is 1. The van der Waals surface area contributed by atoms with Gasteiger partial charge in [-0.25, -0.2) is 9.97 Å². The van der Waals surface area contributed by atoms with Crippen LogP contribution >= 0.6 is 0 Å². The van der Waals surface area contributed by atoms with Gasteiger partial charge < -0.3 is 14.2 Å². The Morgan fingerprint density at radius 3 is 2.54 bits per heavy atom. The Balaban J connectivity index is 1.28. The Morgan fingerprint density at radius 2 is 1.76 bits per heavy atom. The van der Waals surface area contributed by atoms with Crippen molar-refractivity contribution >= 4 is 5.91 Å². The van der Waals surface area contributed by atoms with E-state index in [0.717, 1.165) is 64.5 Å². The van der Waals surface area contributed by atoms with Crippen LogP contribution in [-0.4, -0.2) is 72.7 Å². The SMILES string of the molecule is COCCn1cc(-c2ccc(-c3c4c(cn3C)CCc3cnc(Cc5ccn(CC(=O)N(C)C)n5)nc3-4)cc2)cn1. The third-order valence-corrected chi connectivity index (χ3v) is 7.56. The van der Waals surface area contributed by atoms with E-state index in [4.69, 9.17) is 9.72 Å². The first-order chi connectivity index (χ1) is 19.9. The molecule has 0 bridgehead atoms. The van der Waals surface area contributed by atoms with Crippen molar-refractivity contribution in [1.82, 2.24) is 39.0 Å². The van der Waals surface area contributed by atoms with Gasteiger partial charge in [-0.05, 0) is 41.2 Å². The lowest BCUT2D eigenvalue weighted by atomic mass is 9.89. The fourth-order valence-electron chi connectivity index (χ4n) is 5.36. The summed E-state index contributed by atoms with van der Waals surface area (Å²) in [6.45, 7) is 1.57. The summed E-state index contributed by atoms with van der Waals surface area (Å²) in [6.07, 6.45) is 12.4. The summed E-state index contributed by atoms with van der Waals surface area (Å²) < 4.78 is 10.9. The van der Waals surface area contributed by atoms with E-state index in [2.05, 4.69) is 63.5 Å².